The zero-order valence-corrected chi connectivity index (χ0v) is 14.4. The minimum atomic E-state index is -4.80. The number of hydrogen-bond acceptors (Lipinski definition) is 3. The van der Waals surface area contributed by atoms with Crippen LogP contribution in [0.15, 0.2) is 36.4 Å². The van der Waals surface area contributed by atoms with E-state index < -0.39 is 28.0 Å². The Morgan fingerprint density at radius 1 is 1.08 bits per heavy atom. The van der Waals surface area contributed by atoms with Crippen molar-refractivity contribution in [1.29, 1.82) is 0 Å². The quantitative estimate of drug-likeness (QED) is 0.384. The van der Waals surface area contributed by atoms with E-state index in [1.165, 1.54) is 18.2 Å². The number of nitro groups is 1. The molecular formula is C14H8Cl2F3N3O2S. The summed E-state index contributed by atoms with van der Waals surface area (Å²) in [5, 5.41) is 16.1. The Balaban J connectivity index is 2.25. The number of alkyl halides is 3. The van der Waals surface area contributed by atoms with Crippen LogP contribution in [0.4, 0.5) is 30.2 Å². The molecule has 25 heavy (non-hydrogen) atoms. The third-order valence-corrected chi connectivity index (χ3v) is 3.89. The number of nitrogens with zero attached hydrogens (tertiary/aromatic N) is 1. The van der Waals surface area contributed by atoms with Crippen LogP contribution in [-0.2, 0) is 6.18 Å². The fourth-order valence-corrected chi connectivity index (χ4v) is 2.37. The van der Waals surface area contributed by atoms with Gasteiger partial charge >= 0.3 is 6.18 Å². The van der Waals surface area contributed by atoms with Crippen molar-refractivity contribution in [2.24, 2.45) is 0 Å². The zero-order chi connectivity index (χ0) is 18.8. The first-order valence-corrected chi connectivity index (χ1v) is 7.63. The number of hydrogen-bond donors (Lipinski definition) is 2. The number of nitrogens with one attached hydrogen (secondary N) is 2. The van der Waals surface area contributed by atoms with Crippen molar-refractivity contribution in [3.8, 4) is 0 Å². The summed E-state index contributed by atoms with van der Waals surface area (Å²) in [5.74, 6) is 0. The lowest BCUT2D eigenvalue weighted by Crippen LogP contribution is -2.21. The van der Waals surface area contributed by atoms with Gasteiger partial charge in [0.25, 0.3) is 5.69 Å². The molecule has 5 nitrogen and oxygen atoms in total. The van der Waals surface area contributed by atoms with E-state index in [4.69, 9.17) is 35.4 Å². The van der Waals surface area contributed by atoms with Gasteiger partial charge < -0.3 is 10.6 Å². The van der Waals surface area contributed by atoms with E-state index in [1.807, 2.05) is 0 Å². The summed E-state index contributed by atoms with van der Waals surface area (Å²) in [5.41, 5.74) is -1.90. The monoisotopic (exact) mass is 409 g/mol. The SMILES string of the molecule is O=[N+]([O-])c1ccc(NC(=S)Nc2ccc(Cl)c(Cl)c2)c(C(F)(F)F)c1. The molecular weight excluding hydrogens is 402 g/mol. The van der Waals surface area contributed by atoms with E-state index in [0.717, 1.165) is 12.1 Å². The van der Waals surface area contributed by atoms with Crippen molar-refractivity contribution in [1.82, 2.24) is 0 Å². The molecule has 2 aromatic rings. The molecule has 0 heterocycles. The number of nitro benzene ring substituents is 1. The molecule has 0 spiro atoms. The standard InChI is InChI=1S/C14H8Cl2F3N3O2S/c15-10-3-1-7(5-11(10)16)20-13(25)21-12-4-2-8(22(23)24)6-9(12)14(17,18)19/h1-6H,(H2,20,21,25). The summed E-state index contributed by atoms with van der Waals surface area (Å²) >= 11 is 16.6. The number of non-ortho nitro benzene ring substituents is 1. The molecule has 0 aliphatic rings. The van der Waals surface area contributed by atoms with Crippen LogP contribution in [0.25, 0.3) is 0 Å². The number of thiocarbonyl (C=S) groups is 1. The lowest BCUT2D eigenvalue weighted by Gasteiger charge is -2.16. The normalized spacial score (nSPS) is 11.1. The second-order valence-electron chi connectivity index (χ2n) is 4.69. The van der Waals surface area contributed by atoms with Crippen molar-refractivity contribution in [3.63, 3.8) is 0 Å². The lowest BCUT2D eigenvalue weighted by molar-refractivity contribution is -0.385. The molecule has 0 atom stereocenters. The molecule has 11 heteroatoms. The molecule has 0 aromatic heterocycles. The van der Waals surface area contributed by atoms with Gasteiger partial charge in [0.2, 0.25) is 0 Å². The van der Waals surface area contributed by atoms with E-state index in [9.17, 15) is 23.3 Å². The van der Waals surface area contributed by atoms with Gasteiger partial charge in [0.05, 0.1) is 26.2 Å². The van der Waals surface area contributed by atoms with Gasteiger partial charge in [-0.15, -0.1) is 0 Å². The molecule has 0 saturated carbocycles. The topological polar surface area (TPSA) is 67.2 Å². The second kappa shape index (κ2) is 7.42. The van der Waals surface area contributed by atoms with Gasteiger partial charge in [-0.25, -0.2) is 0 Å². The van der Waals surface area contributed by atoms with Crippen LogP contribution in [0.3, 0.4) is 0 Å². The van der Waals surface area contributed by atoms with Crippen molar-refractivity contribution >= 4 is 57.6 Å². The Kier molecular flexibility index (Phi) is 5.71. The summed E-state index contributed by atoms with van der Waals surface area (Å²) in [4.78, 5) is 9.76. The van der Waals surface area contributed by atoms with Gasteiger partial charge in [-0.2, -0.15) is 13.2 Å². The molecule has 0 amide bonds. The van der Waals surface area contributed by atoms with E-state index in [2.05, 4.69) is 10.6 Å². The van der Waals surface area contributed by atoms with Crippen molar-refractivity contribution in [3.05, 3.63) is 62.1 Å². The minimum Gasteiger partial charge on any atom is -0.332 e. The highest BCUT2D eigenvalue weighted by atomic mass is 35.5. The molecule has 2 rings (SSSR count). The number of benzene rings is 2. The predicted octanol–water partition coefficient (Wildman–Crippen LogP) is 5.73. The average molecular weight is 410 g/mol. The van der Waals surface area contributed by atoms with Gasteiger partial charge in [0, 0.05) is 17.8 Å². The van der Waals surface area contributed by atoms with Crippen LogP contribution in [0.5, 0.6) is 0 Å². The number of halogens is 5. The maximum Gasteiger partial charge on any atom is 0.418 e. The summed E-state index contributed by atoms with van der Waals surface area (Å²) in [6.07, 6.45) is -4.80. The van der Waals surface area contributed by atoms with Gasteiger partial charge in [0.1, 0.15) is 0 Å². The average Bonchev–Trinajstić information content (AvgIpc) is 2.50. The fourth-order valence-electron chi connectivity index (χ4n) is 1.85. The molecule has 2 N–H and O–H groups in total. The molecule has 0 unspecified atom stereocenters. The van der Waals surface area contributed by atoms with Crippen molar-refractivity contribution in [2.45, 2.75) is 6.18 Å². The van der Waals surface area contributed by atoms with Crippen molar-refractivity contribution < 1.29 is 18.1 Å². The first kappa shape index (κ1) is 19.2. The highest BCUT2D eigenvalue weighted by molar-refractivity contribution is 7.80. The van der Waals surface area contributed by atoms with E-state index in [-0.39, 0.29) is 10.1 Å². The van der Waals surface area contributed by atoms with Crippen LogP contribution in [0.1, 0.15) is 5.56 Å². The third-order valence-electron chi connectivity index (χ3n) is 2.95. The fraction of sp³-hybridized carbons (Fsp3) is 0.0714. The molecule has 132 valence electrons. The van der Waals surface area contributed by atoms with E-state index >= 15 is 0 Å². The maximum atomic E-state index is 13.1. The Bertz CT molecular complexity index is 847. The van der Waals surface area contributed by atoms with Gasteiger partial charge in [-0.05, 0) is 36.5 Å². The van der Waals surface area contributed by atoms with Crippen LogP contribution in [0.2, 0.25) is 10.0 Å². The lowest BCUT2D eigenvalue weighted by atomic mass is 10.1. The Morgan fingerprint density at radius 3 is 2.32 bits per heavy atom. The summed E-state index contributed by atoms with van der Waals surface area (Å²) in [6.45, 7) is 0. The largest absolute Gasteiger partial charge is 0.418 e. The van der Waals surface area contributed by atoms with Crippen LogP contribution < -0.4 is 10.6 Å². The maximum absolute atomic E-state index is 13.1. The van der Waals surface area contributed by atoms with Gasteiger partial charge in [-0.3, -0.25) is 10.1 Å². The molecule has 0 bridgehead atoms. The number of rotatable bonds is 3. The molecule has 0 aliphatic heterocycles. The van der Waals surface area contributed by atoms with Crippen molar-refractivity contribution in [2.75, 3.05) is 10.6 Å². The van der Waals surface area contributed by atoms with Gasteiger partial charge in [-0.1, -0.05) is 23.2 Å². The Labute approximate surface area is 154 Å². The molecule has 0 radical (unpaired) electrons. The van der Waals surface area contributed by atoms with Crippen LogP contribution in [0, 0.1) is 10.1 Å². The first-order valence-electron chi connectivity index (χ1n) is 6.46. The third kappa shape index (κ3) is 4.94. The molecule has 0 fully saturated rings. The molecule has 2 aromatic carbocycles. The smallest absolute Gasteiger partial charge is 0.332 e. The van der Waals surface area contributed by atoms with E-state index in [0.29, 0.717) is 16.8 Å². The van der Waals surface area contributed by atoms with Crippen LogP contribution in [-0.4, -0.2) is 10.0 Å². The summed E-state index contributed by atoms with van der Waals surface area (Å²) in [7, 11) is 0. The van der Waals surface area contributed by atoms with Crippen LogP contribution >= 0.6 is 35.4 Å². The molecule has 0 saturated heterocycles. The first-order chi connectivity index (χ1) is 11.6. The second-order valence-corrected chi connectivity index (χ2v) is 5.92. The Hall–Kier alpha value is -2.10. The highest BCUT2D eigenvalue weighted by Crippen LogP contribution is 2.37. The predicted molar refractivity (Wildman–Crippen MR) is 94.4 cm³/mol. The minimum absolute atomic E-state index is 0.155. The number of anilines is 2. The molecule has 0 aliphatic carbocycles. The zero-order valence-electron chi connectivity index (χ0n) is 12.0. The summed E-state index contributed by atoms with van der Waals surface area (Å²) in [6, 6.07) is 6.77. The van der Waals surface area contributed by atoms with Gasteiger partial charge in [0.15, 0.2) is 5.11 Å². The van der Waals surface area contributed by atoms with E-state index in [1.54, 1.807) is 0 Å². The summed E-state index contributed by atoms with van der Waals surface area (Å²) < 4.78 is 39.3. The Morgan fingerprint density at radius 2 is 1.76 bits per heavy atom. The highest BCUT2D eigenvalue weighted by Gasteiger charge is 2.35.